The fraction of sp³-hybridized carbons (Fsp3) is 0.250. The van der Waals surface area contributed by atoms with Gasteiger partial charge in [-0.05, 0) is 23.1 Å². The van der Waals surface area contributed by atoms with E-state index in [9.17, 15) is 5.11 Å². The van der Waals surface area contributed by atoms with Crippen molar-refractivity contribution in [2.24, 2.45) is 11.7 Å². The first-order valence-electron chi connectivity index (χ1n) is 6.34. The zero-order chi connectivity index (χ0) is 12.5. The largest absolute Gasteiger partial charge is 0.388 e. The van der Waals surface area contributed by atoms with Crippen LogP contribution in [0.2, 0.25) is 0 Å². The van der Waals surface area contributed by atoms with Crippen LogP contribution in [0, 0.1) is 5.92 Å². The van der Waals surface area contributed by atoms with Crippen LogP contribution < -0.4 is 5.73 Å². The smallest absolute Gasteiger partial charge is 0.0842 e. The van der Waals surface area contributed by atoms with Gasteiger partial charge in [0, 0.05) is 12.0 Å². The van der Waals surface area contributed by atoms with Gasteiger partial charge >= 0.3 is 0 Å². The molecule has 0 fully saturated rings. The fourth-order valence-electron chi connectivity index (χ4n) is 2.85. The highest BCUT2D eigenvalue weighted by molar-refractivity contribution is 5.85. The Morgan fingerprint density at radius 1 is 1.00 bits per heavy atom. The lowest BCUT2D eigenvalue weighted by atomic mass is 9.90. The molecule has 1 aliphatic carbocycles. The molecule has 1 aliphatic rings. The van der Waals surface area contributed by atoms with Crippen molar-refractivity contribution in [3.8, 4) is 0 Å². The molecule has 19 heavy (non-hydrogen) atoms. The Hall–Kier alpha value is -1.35. The number of rotatable bonds is 2. The van der Waals surface area contributed by atoms with E-state index in [1.807, 2.05) is 48.5 Å². The summed E-state index contributed by atoms with van der Waals surface area (Å²) in [4.78, 5) is 0. The van der Waals surface area contributed by atoms with Crippen LogP contribution in [0.15, 0.2) is 54.6 Å². The minimum atomic E-state index is -0.448. The van der Waals surface area contributed by atoms with Crippen molar-refractivity contribution in [3.63, 3.8) is 0 Å². The van der Waals surface area contributed by atoms with Crippen molar-refractivity contribution < 1.29 is 5.11 Å². The number of fused-ring (bicyclic) bond motifs is 1. The highest BCUT2D eigenvalue weighted by Gasteiger charge is 2.35. The Morgan fingerprint density at radius 3 is 2.32 bits per heavy atom. The van der Waals surface area contributed by atoms with E-state index < -0.39 is 6.10 Å². The van der Waals surface area contributed by atoms with Gasteiger partial charge in [-0.2, -0.15) is 0 Å². The fourth-order valence-corrected chi connectivity index (χ4v) is 2.85. The number of halogens is 1. The van der Waals surface area contributed by atoms with Crippen LogP contribution in [0.4, 0.5) is 0 Å². The molecule has 2 nitrogen and oxygen atoms in total. The Bertz CT molecular complexity index is 543. The predicted molar refractivity (Wildman–Crippen MR) is 79.2 cm³/mol. The van der Waals surface area contributed by atoms with Gasteiger partial charge in [0.05, 0.1) is 6.10 Å². The van der Waals surface area contributed by atoms with E-state index in [2.05, 4.69) is 6.07 Å². The van der Waals surface area contributed by atoms with Gasteiger partial charge in [-0.25, -0.2) is 0 Å². The van der Waals surface area contributed by atoms with Crippen molar-refractivity contribution in [2.45, 2.75) is 18.6 Å². The van der Waals surface area contributed by atoms with Crippen LogP contribution in [-0.2, 0) is 6.42 Å². The van der Waals surface area contributed by atoms with Gasteiger partial charge in [0.25, 0.3) is 0 Å². The monoisotopic (exact) mass is 275 g/mol. The van der Waals surface area contributed by atoms with Gasteiger partial charge in [-0.3, -0.25) is 0 Å². The molecule has 0 aliphatic heterocycles. The van der Waals surface area contributed by atoms with Crippen LogP contribution >= 0.6 is 12.4 Å². The van der Waals surface area contributed by atoms with Gasteiger partial charge in [-0.15, -0.1) is 12.4 Å². The zero-order valence-electron chi connectivity index (χ0n) is 10.6. The van der Waals surface area contributed by atoms with Crippen LogP contribution in [0.3, 0.4) is 0 Å². The topological polar surface area (TPSA) is 46.2 Å². The molecule has 0 amide bonds. The molecule has 100 valence electrons. The summed E-state index contributed by atoms with van der Waals surface area (Å²) in [6, 6.07) is 18.0. The Balaban J connectivity index is 0.00000133. The van der Waals surface area contributed by atoms with E-state index in [-0.39, 0.29) is 24.4 Å². The Kier molecular flexibility index (Phi) is 4.25. The summed E-state index contributed by atoms with van der Waals surface area (Å²) in [5, 5.41) is 10.4. The van der Waals surface area contributed by atoms with E-state index >= 15 is 0 Å². The third-order valence-corrected chi connectivity index (χ3v) is 3.88. The van der Waals surface area contributed by atoms with Crippen molar-refractivity contribution in [1.29, 1.82) is 0 Å². The van der Waals surface area contributed by atoms with E-state index in [0.29, 0.717) is 0 Å². The Labute approximate surface area is 119 Å². The molecule has 3 heteroatoms. The number of aliphatic hydroxyl groups is 1. The van der Waals surface area contributed by atoms with Crippen molar-refractivity contribution in [1.82, 2.24) is 0 Å². The standard InChI is InChI=1S/C16H17NO.ClH/c17-15(11-6-2-1-3-7-11)14-10-12-8-4-5-9-13(12)16(14)18;/h1-9,14-16,18H,10,17H2;1H/t14-,15?,16-;/m0./s1. The summed E-state index contributed by atoms with van der Waals surface area (Å²) in [6.07, 6.45) is 0.407. The number of benzene rings is 2. The maximum atomic E-state index is 10.4. The number of nitrogens with two attached hydrogens (primary N) is 1. The summed E-state index contributed by atoms with van der Waals surface area (Å²) in [6.45, 7) is 0. The van der Waals surface area contributed by atoms with Crippen molar-refractivity contribution in [2.75, 3.05) is 0 Å². The average molecular weight is 276 g/mol. The molecule has 2 aromatic carbocycles. The molecule has 0 radical (unpaired) electrons. The molecular formula is C16H18ClNO. The second-order valence-corrected chi connectivity index (χ2v) is 4.95. The number of hydrogen-bond donors (Lipinski definition) is 2. The first kappa shape index (κ1) is 14.1. The third-order valence-electron chi connectivity index (χ3n) is 3.88. The van der Waals surface area contributed by atoms with Crippen LogP contribution in [0.25, 0.3) is 0 Å². The van der Waals surface area contributed by atoms with Gasteiger partial charge in [0.2, 0.25) is 0 Å². The maximum Gasteiger partial charge on any atom is 0.0842 e. The molecule has 0 aromatic heterocycles. The molecule has 2 aromatic rings. The van der Waals surface area contributed by atoms with E-state index in [1.54, 1.807) is 0 Å². The minimum absolute atomic E-state index is 0. The molecule has 3 rings (SSSR count). The molecule has 3 N–H and O–H groups in total. The first-order valence-corrected chi connectivity index (χ1v) is 6.34. The second-order valence-electron chi connectivity index (χ2n) is 4.95. The van der Waals surface area contributed by atoms with Gasteiger partial charge < -0.3 is 10.8 Å². The molecule has 1 unspecified atom stereocenters. The molecule has 0 heterocycles. The summed E-state index contributed by atoms with van der Waals surface area (Å²) < 4.78 is 0. The van der Waals surface area contributed by atoms with Gasteiger partial charge in [0.1, 0.15) is 0 Å². The quantitative estimate of drug-likeness (QED) is 0.885. The lowest BCUT2D eigenvalue weighted by Crippen LogP contribution is -2.24. The van der Waals surface area contributed by atoms with E-state index in [1.165, 1.54) is 5.56 Å². The number of hydrogen-bond acceptors (Lipinski definition) is 2. The van der Waals surface area contributed by atoms with Crippen molar-refractivity contribution >= 4 is 12.4 Å². The summed E-state index contributed by atoms with van der Waals surface area (Å²) in [5.74, 6) is 0.0739. The van der Waals surface area contributed by atoms with Gasteiger partial charge in [-0.1, -0.05) is 54.6 Å². The lowest BCUT2D eigenvalue weighted by Gasteiger charge is -2.23. The summed E-state index contributed by atoms with van der Waals surface area (Å²) in [5.41, 5.74) is 9.66. The SMILES string of the molecule is Cl.NC(c1ccccc1)[C@@H]1Cc2ccccc2[C@@H]1O. The molecular weight excluding hydrogens is 258 g/mol. The first-order chi connectivity index (χ1) is 8.77. The summed E-state index contributed by atoms with van der Waals surface area (Å²) >= 11 is 0. The zero-order valence-corrected chi connectivity index (χ0v) is 11.4. The van der Waals surface area contributed by atoms with Crippen LogP contribution in [0.5, 0.6) is 0 Å². The maximum absolute atomic E-state index is 10.4. The van der Waals surface area contributed by atoms with Crippen LogP contribution in [0.1, 0.15) is 28.8 Å². The van der Waals surface area contributed by atoms with Crippen LogP contribution in [-0.4, -0.2) is 5.11 Å². The third kappa shape index (κ3) is 2.52. The molecule has 0 saturated heterocycles. The molecule has 0 spiro atoms. The minimum Gasteiger partial charge on any atom is -0.388 e. The highest BCUT2D eigenvalue weighted by atomic mass is 35.5. The highest BCUT2D eigenvalue weighted by Crippen LogP contribution is 2.41. The van der Waals surface area contributed by atoms with E-state index in [4.69, 9.17) is 5.73 Å². The molecule has 3 atom stereocenters. The van der Waals surface area contributed by atoms with E-state index in [0.717, 1.165) is 17.5 Å². The predicted octanol–water partition coefficient (Wildman–Crippen LogP) is 3.01. The number of aliphatic hydroxyl groups excluding tert-OH is 1. The van der Waals surface area contributed by atoms with Gasteiger partial charge in [0.15, 0.2) is 0 Å². The normalized spacial score (nSPS) is 22.4. The lowest BCUT2D eigenvalue weighted by molar-refractivity contribution is 0.108. The van der Waals surface area contributed by atoms with Crippen molar-refractivity contribution in [3.05, 3.63) is 71.3 Å². The molecule has 0 bridgehead atoms. The second kappa shape index (κ2) is 5.74. The average Bonchev–Trinajstić information content (AvgIpc) is 2.77. The summed E-state index contributed by atoms with van der Waals surface area (Å²) in [7, 11) is 0. The Morgan fingerprint density at radius 2 is 1.63 bits per heavy atom. The molecule has 0 saturated carbocycles.